The Hall–Kier alpha value is -2.41. The van der Waals surface area contributed by atoms with Crippen LogP contribution in [0.25, 0.3) is 5.69 Å². The van der Waals surface area contributed by atoms with Gasteiger partial charge in [0.15, 0.2) is 5.11 Å². The van der Waals surface area contributed by atoms with Gasteiger partial charge in [-0.3, -0.25) is 15.6 Å². The predicted octanol–water partition coefficient (Wildman–Crippen LogP) is 3.20. The number of amides is 1. The highest BCUT2D eigenvalue weighted by Gasteiger charge is 2.07. The summed E-state index contributed by atoms with van der Waals surface area (Å²) in [5.41, 5.74) is 6.81. The number of hydrogen-bond donors (Lipinski definition) is 3. The Balaban J connectivity index is 1.71. The quantitative estimate of drug-likeness (QED) is 0.377. The zero-order chi connectivity index (χ0) is 18.8. The molecule has 0 saturated carbocycles. The summed E-state index contributed by atoms with van der Waals surface area (Å²) in [5, 5.41) is 7.72. The first kappa shape index (κ1) is 19.9. The van der Waals surface area contributed by atoms with Crippen LogP contribution in [-0.4, -0.2) is 27.3 Å². The number of carbonyl (C=O) groups is 1. The molecular formula is C19H27N5OS. The zero-order valence-electron chi connectivity index (χ0n) is 15.4. The van der Waals surface area contributed by atoms with Crippen molar-refractivity contribution in [3.63, 3.8) is 0 Å². The van der Waals surface area contributed by atoms with Gasteiger partial charge in [0.25, 0.3) is 5.91 Å². The van der Waals surface area contributed by atoms with E-state index in [1.807, 2.05) is 24.4 Å². The number of hydrogen-bond acceptors (Lipinski definition) is 3. The van der Waals surface area contributed by atoms with Crippen LogP contribution in [0.4, 0.5) is 0 Å². The lowest BCUT2D eigenvalue weighted by Gasteiger charge is -2.15. The Morgan fingerprint density at radius 1 is 1.23 bits per heavy atom. The van der Waals surface area contributed by atoms with E-state index in [2.05, 4.69) is 35.1 Å². The van der Waals surface area contributed by atoms with Gasteiger partial charge in [-0.15, -0.1) is 0 Å². The van der Waals surface area contributed by atoms with Crippen LogP contribution >= 0.6 is 12.2 Å². The molecule has 1 amide bonds. The van der Waals surface area contributed by atoms with Crippen LogP contribution in [0.2, 0.25) is 0 Å². The van der Waals surface area contributed by atoms with E-state index in [1.165, 1.54) is 25.7 Å². The number of unbranched alkanes of at least 4 members (excludes halogenated alkanes) is 2. The molecule has 0 unspecified atom stereocenters. The minimum atomic E-state index is -0.239. The fourth-order valence-electron chi connectivity index (χ4n) is 2.53. The molecule has 140 valence electrons. The largest absolute Gasteiger partial charge is 0.361 e. The van der Waals surface area contributed by atoms with Crippen molar-refractivity contribution < 1.29 is 4.79 Å². The van der Waals surface area contributed by atoms with Crippen LogP contribution < -0.4 is 16.2 Å². The van der Waals surface area contributed by atoms with Crippen LogP contribution in [0.5, 0.6) is 0 Å². The van der Waals surface area contributed by atoms with Crippen LogP contribution in [-0.2, 0) is 0 Å². The molecule has 6 nitrogen and oxygen atoms in total. The molecule has 1 aromatic heterocycles. The van der Waals surface area contributed by atoms with Crippen molar-refractivity contribution in [2.24, 2.45) is 5.92 Å². The van der Waals surface area contributed by atoms with Gasteiger partial charge in [0, 0.05) is 24.5 Å². The van der Waals surface area contributed by atoms with Crippen LogP contribution in [0.15, 0.2) is 42.7 Å². The molecule has 7 heteroatoms. The van der Waals surface area contributed by atoms with E-state index in [9.17, 15) is 4.79 Å². The topological polar surface area (TPSA) is 71.0 Å². The minimum Gasteiger partial charge on any atom is -0.361 e. The lowest BCUT2D eigenvalue weighted by molar-refractivity contribution is 0.0943. The molecule has 0 radical (unpaired) electrons. The maximum Gasteiger partial charge on any atom is 0.269 e. The molecule has 0 aliphatic heterocycles. The third-order valence-corrected chi connectivity index (χ3v) is 4.35. The van der Waals surface area contributed by atoms with Crippen LogP contribution in [0.1, 0.15) is 49.9 Å². The summed E-state index contributed by atoms with van der Waals surface area (Å²) < 4.78 is 1.74. The number of carbonyl (C=O) groups excluding carboxylic acids is 1. The molecular weight excluding hydrogens is 346 g/mol. The maximum absolute atomic E-state index is 12.2. The average molecular weight is 374 g/mol. The molecule has 2 aromatic rings. The third-order valence-electron chi connectivity index (χ3n) is 4.10. The summed E-state index contributed by atoms with van der Waals surface area (Å²) in [6.07, 6.45) is 8.48. The van der Waals surface area contributed by atoms with Crippen molar-refractivity contribution in [1.82, 2.24) is 25.9 Å². The van der Waals surface area contributed by atoms with Gasteiger partial charge in [-0.1, -0.05) is 33.1 Å². The van der Waals surface area contributed by atoms with Crippen molar-refractivity contribution in [1.29, 1.82) is 0 Å². The molecule has 0 bridgehead atoms. The Bertz CT molecular complexity index is 684. The fraction of sp³-hybridized carbons (Fsp3) is 0.421. The van der Waals surface area contributed by atoms with E-state index in [-0.39, 0.29) is 5.91 Å². The lowest BCUT2D eigenvalue weighted by Crippen LogP contribution is -2.47. The molecule has 1 aromatic carbocycles. The van der Waals surface area contributed by atoms with Crippen molar-refractivity contribution in [2.75, 3.05) is 6.54 Å². The normalized spacial score (nSPS) is 11.6. The van der Waals surface area contributed by atoms with E-state index in [0.29, 0.717) is 16.6 Å². The number of benzene rings is 1. The number of thiocarbonyl (C=S) groups is 1. The SMILES string of the molecule is CCCCC[C@@H](C)CNC(=S)NNC(=O)c1ccc(-n2cccn2)cc1. The summed E-state index contributed by atoms with van der Waals surface area (Å²) in [6.45, 7) is 5.20. The first-order chi connectivity index (χ1) is 12.6. The Labute approximate surface area is 160 Å². The minimum absolute atomic E-state index is 0.239. The second kappa shape index (κ2) is 10.6. The second-order valence-electron chi connectivity index (χ2n) is 6.39. The van der Waals surface area contributed by atoms with E-state index >= 15 is 0 Å². The first-order valence-corrected chi connectivity index (χ1v) is 9.45. The van der Waals surface area contributed by atoms with Gasteiger partial charge in [-0.05, 0) is 54.9 Å². The monoisotopic (exact) mass is 373 g/mol. The number of nitrogens with one attached hydrogen (secondary N) is 3. The summed E-state index contributed by atoms with van der Waals surface area (Å²) in [6, 6.07) is 9.04. The van der Waals surface area contributed by atoms with Gasteiger partial charge in [0.2, 0.25) is 0 Å². The summed E-state index contributed by atoms with van der Waals surface area (Å²) in [7, 11) is 0. The molecule has 1 heterocycles. The zero-order valence-corrected chi connectivity index (χ0v) is 16.2. The molecule has 2 rings (SSSR count). The number of nitrogens with zero attached hydrogens (tertiary/aromatic N) is 2. The third kappa shape index (κ3) is 6.48. The summed E-state index contributed by atoms with van der Waals surface area (Å²) in [4.78, 5) is 12.2. The maximum atomic E-state index is 12.2. The van der Waals surface area contributed by atoms with E-state index < -0.39 is 0 Å². The van der Waals surface area contributed by atoms with Crippen molar-refractivity contribution in [3.05, 3.63) is 48.3 Å². The van der Waals surface area contributed by atoms with Crippen molar-refractivity contribution >= 4 is 23.2 Å². The van der Waals surface area contributed by atoms with Gasteiger partial charge in [0.05, 0.1) is 5.69 Å². The van der Waals surface area contributed by atoms with E-state index in [0.717, 1.165) is 12.2 Å². The van der Waals surface area contributed by atoms with E-state index in [1.54, 1.807) is 23.0 Å². The molecule has 1 atom stereocenters. The lowest BCUT2D eigenvalue weighted by atomic mass is 10.0. The van der Waals surface area contributed by atoms with Crippen LogP contribution in [0.3, 0.4) is 0 Å². The molecule has 0 aliphatic rings. The van der Waals surface area contributed by atoms with Gasteiger partial charge >= 0.3 is 0 Å². The Kier molecular flexibility index (Phi) is 8.08. The number of rotatable bonds is 8. The molecule has 0 aliphatic carbocycles. The molecule has 3 N–H and O–H groups in total. The van der Waals surface area contributed by atoms with E-state index in [4.69, 9.17) is 12.2 Å². The Morgan fingerprint density at radius 2 is 2.00 bits per heavy atom. The molecule has 0 spiro atoms. The molecule has 0 saturated heterocycles. The smallest absolute Gasteiger partial charge is 0.269 e. The summed E-state index contributed by atoms with van der Waals surface area (Å²) >= 11 is 5.20. The highest BCUT2D eigenvalue weighted by molar-refractivity contribution is 7.80. The van der Waals surface area contributed by atoms with Gasteiger partial charge in [-0.2, -0.15) is 5.10 Å². The highest BCUT2D eigenvalue weighted by Crippen LogP contribution is 2.09. The fourth-order valence-corrected chi connectivity index (χ4v) is 2.66. The predicted molar refractivity (Wildman–Crippen MR) is 108 cm³/mol. The highest BCUT2D eigenvalue weighted by atomic mass is 32.1. The molecule has 26 heavy (non-hydrogen) atoms. The molecule has 0 fully saturated rings. The number of aromatic nitrogens is 2. The summed E-state index contributed by atoms with van der Waals surface area (Å²) in [5.74, 6) is 0.309. The van der Waals surface area contributed by atoms with Gasteiger partial charge in [-0.25, -0.2) is 4.68 Å². The van der Waals surface area contributed by atoms with Gasteiger partial charge in [0.1, 0.15) is 0 Å². The first-order valence-electron chi connectivity index (χ1n) is 9.04. The second-order valence-corrected chi connectivity index (χ2v) is 6.80. The Morgan fingerprint density at radius 3 is 2.65 bits per heavy atom. The van der Waals surface area contributed by atoms with Gasteiger partial charge < -0.3 is 5.32 Å². The van der Waals surface area contributed by atoms with Crippen molar-refractivity contribution in [3.8, 4) is 5.69 Å². The number of hydrazine groups is 1. The van der Waals surface area contributed by atoms with Crippen LogP contribution in [0, 0.1) is 5.92 Å². The average Bonchev–Trinajstić information content (AvgIpc) is 3.19. The standard InChI is InChI=1S/C19H27N5OS/c1-3-4-5-7-15(2)14-20-19(26)23-22-18(25)16-8-10-17(11-9-16)24-13-6-12-21-24/h6,8-13,15H,3-5,7,14H2,1-2H3,(H,22,25)(H2,20,23,26)/t15-/m1/s1. The van der Waals surface area contributed by atoms with Crippen molar-refractivity contribution in [2.45, 2.75) is 39.5 Å².